The molecular weight excluding hydrogens is 338 g/mol. The van der Waals surface area contributed by atoms with Crippen LogP contribution in [0, 0.1) is 5.41 Å². The topological polar surface area (TPSA) is 121 Å². The standard InChI is InChI=1S/C21H19N5O/c1-25-18-5-2-11(6-13(18)10-22)12-7-16-15-4-3-14(23)9-19(15)26-20(16)17(8-12)21(24)27/h2-10,22,25-26H,23H2,1H3,(H2,24,27). The lowest BCUT2D eigenvalue weighted by Crippen LogP contribution is -2.11. The Labute approximate surface area is 155 Å². The van der Waals surface area contributed by atoms with Crippen molar-refractivity contribution in [1.82, 2.24) is 4.98 Å². The van der Waals surface area contributed by atoms with E-state index in [0.29, 0.717) is 16.8 Å². The molecule has 0 radical (unpaired) electrons. The molecule has 134 valence electrons. The summed E-state index contributed by atoms with van der Waals surface area (Å²) in [4.78, 5) is 15.4. The molecule has 7 N–H and O–H groups in total. The number of nitrogens with one attached hydrogen (secondary N) is 3. The first-order valence-electron chi connectivity index (χ1n) is 8.49. The average molecular weight is 357 g/mol. The van der Waals surface area contributed by atoms with Crippen LogP contribution in [0.2, 0.25) is 0 Å². The summed E-state index contributed by atoms with van der Waals surface area (Å²) in [6, 6.07) is 15.2. The van der Waals surface area contributed by atoms with Gasteiger partial charge in [-0.15, -0.1) is 0 Å². The van der Waals surface area contributed by atoms with Crippen molar-refractivity contribution in [2.75, 3.05) is 18.1 Å². The van der Waals surface area contributed by atoms with Crippen molar-refractivity contribution >= 4 is 45.3 Å². The molecular formula is C21H19N5O. The van der Waals surface area contributed by atoms with E-state index in [9.17, 15) is 4.79 Å². The van der Waals surface area contributed by atoms with E-state index in [4.69, 9.17) is 16.9 Å². The summed E-state index contributed by atoms with van der Waals surface area (Å²) in [5.74, 6) is -0.500. The molecule has 0 aliphatic heterocycles. The number of hydrogen-bond acceptors (Lipinski definition) is 4. The Morgan fingerprint density at radius 1 is 1.07 bits per heavy atom. The molecule has 0 aliphatic carbocycles. The molecule has 0 fully saturated rings. The summed E-state index contributed by atoms with van der Waals surface area (Å²) in [5, 5.41) is 12.6. The molecule has 1 amide bonds. The number of anilines is 2. The molecule has 0 atom stereocenters. The summed E-state index contributed by atoms with van der Waals surface area (Å²) in [5.41, 5.74) is 17.6. The van der Waals surface area contributed by atoms with Gasteiger partial charge in [0.05, 0.1) is 11.1 Å². The van der Waals surface area contributed by atoms with Crippen LogP contribution in [0.1, 0.15) is 15.9 Å². The number of nitrogens with two attached hydrogens (primary N) is 2. The van der Waals surface area contributed by atoms with Crippen molar-refractivity contribution in [3.05, 3.63) is 59.7 Å². The van der Waals surface area contributed by atoms with E-state index >= 15 is 0 Å². The second-order valence-corrected chi connectivity index (χ2v) is 6.44. The zero-order valence-electron chi connectivity index (χ0n) is 14.8. The molecule has 4 aromatic rings. The van der Waals surface area contributed by atoms with Gasteiger partial charge >= 0.3 is 0 Å². The molecule has 0 saturated heterocycles. The Balaban J connectivity index is 2.03. The molecule has 1 aromatic heterocycles. The fourth-order valence-electron chi connectivity index (χ4n) is 3.47. The number of aromatic nitrogens is 1. The smallest absolute Gasteiger partial charge is 0.250 e. The fraction of sp³-hybridized carbons (Fsp3) is 0.0476. The van der Waals surface area contributed by atoms with Crippen LogP contribution in [0.4, 0.5) is 11.4 Å². The highest BCUT2D eigenvalue weighted by molar-refractivity contribution is 6.16. The van der Waals surface area contributed by atoms with E-state index in [-0.39, 0.29) is 0 Å². The number of rotatable bonds is 4. The average Bonchev–Trinajstić information content (AvgIpc) is 3.03. The monoisotopic (exact) mass is 357 g/mol. The van der Waals surface area contributed by atoms with Gasteiger partial charge in [-0.3, -0.25) is 4.79 Å². The van der Waals surface area contributed by atoms with Gasteiger partial charge in [0, 0.05) is 46.5 Å². The Hall–Kier alpha value is -3.80. The normalized spacial score (nSPS) is 11.0. The zero-order valence-corrected chi connectivity index (χ0v) is 14.8. The third-order valence-electron chi connectivity index (χ3n) is 4.81. The number of benzene rings is 3. The summed E-state index contributed by atoms with van der Waals surface area (Å²) in [7, 11) is 1.82. The van der Waals surface area contributed by atoms with Crippen molar-refractivity contribution in [1.29, 1.82) is 5.41 Å². The van der Waals surface area contributed by atoms with E-state index < -0.39 is 5.91 Å². The van der Waals surface area contributed by atoms with E-state index in [2.05, 4.69) is 10.3 Å². The van der Waals surface area contributed by atoms with Crippen molar-refractivity contribution in [2.45, 2.75) is 0 Å². The molecule has 0 bridgehead atoms. The Morgan fingerprint density at radius 3 is 2.59 bits per heavy atom. The zero-order chi connectivity index (χ0) is 19.1. The summed E-state index contributed by atoms with van der Waals surface area (Å²) < 4.78 is 0. The third-order valence-corrected chi connectivity index (χ3v) is 4.81. The second-order valence-electron chi connectivity index (χ2n) is 6.44. The lowest BCUT2D eigenvalue weighted by molar-refractivity contribution is 0.100. The highest BCUT2D eigenvalue weighted by Gasteiger charge is 2.15. The summed E-state index contributed by atoms with van der Waals surface area (Å²) >= 11 is 0. The minimum atomic E-state index is -0.500. The summed E-state index contributed by atoms with van der Waals surface area (Å²) in [6.45, 7) is 0. The number of hydrogen-bond donors (Lipinski definition) is 5. The van der Waals surface area contributed by atoms with Gasteiger partial charge in [0.25, 0.3) is 5.91 Å². The Bertz CT molecular complexity index is 1220. The van der Waals surface area contributed by atoms with Crippen molar-refractivity contribution in [2.24, 2.45) is 5.73 Å². The third kappa shape index (κ3) is 2.67. The summed E-state index contributed by atoms with van der Waals surface area (Å²) in [6.07, 6.45) is 1.30. The van der Waals surface area contributed by atoms with E-state index in [1.807, 2.05) is 49.5 Å². The molecule has 0 saturated carbocycles. The fourth-order valence-corrected chi connectivity index (χ4v) is 3.47. The molecule has 4 rings (SSSR count). The van der Waals surface area contributed by atoms with Crippen LogP contribution in [0.3, 0.4) is 0 Å². The predicted molar refractivity (Wildman–Crippen MR) is 112 cm³/mol. The van der Waals surface area contributed by atoms with Crippen LogP contribution in [-0.2, 0) is 0 Å². The SMILES string of the molecule is CNc1ccc(-c2cc(C(N)=O)c3[nH]c4cc(N)ccc4c3c2)cc1C=N. The number of nitrogen functional groups attached to an aromatic ring is 1. The molecule has 6 heteroatoms. The first-order valence-corrected chi connectivity index (χ1v) is 8.49. The van der Waals surface area contributed by atoms with Gasteiger partial charge in [-0.25, -0.2) is 0 Å². The van der Waals surface area contributed by atoms with Gasteiger partial charge in [0.1, 0.15) is 0 Å². The number of carbonyl (C=O) groups excluding carboxylic acids is 1. The predicted octanol–water partition coefficient (Wildman–Crippen LogP) is 3.71. The minimum Gasteiger partial charge on any atom is -0.399 e. The van der Waals surface area contributed by atoms with Gasteiger partial charge < -0.3 is 27.2 Å². The Kier molecular flexibility index (Phi) is 3.81. The second kappa shape index (κ2) is 6.17. The van der Waals surface area contributed by atoms with E-state index in [1.165, 1.54) is 6.21 Å². The maximum Gasteiger partial charge on any atom is 0.250 e. The molecule has 1 heterocycles. The van der Waals surface area contributed by atoms with Crippen molar-refractivity contribution in [3.63, 3.8) is 0 Å². The van der Waals surface area contributed by atoms with Crippen LogP contribution in [0.5, 0.6) is 0 Å². The van der Waals surface area contributed by atoms with Crippen molar-refractivity contribution in [3.8, 4) is 11.1 Å². The van der Waals surface area contributed by atoms with E-state index in [1.54, 1.807) is 6.07 Å². The van der Waals surface area contributed by atoms with Gasteiger partial charge in [0.2, 0.25) is 0 Å². The van der Waals surface area contributed by atoms with Crippen LogP contribution < -0.4 is 16.8 Å². The highest BCUT2D eigenvalue weighted by atomic mass is 16.1. The van der Waals surface area contributed by atoms with Gasteiger partial charge in [-0.2, -0.15) is 0 Å². The molecule has 6 nitrogen and oxygen atoms in total. The Morgan fingerprint density at radius 2 is 1.89 bits per heavy atom. The van der Waals surface area contributed by atoms with Gasteiger partial charge in [-0.1, -0.05) is 12.1 Å². The van der Waals surface area contributed by atoms with Crippen molar-refractivity contribution < 1.29 is 4.79 Å². The number of H-pyrrole nitrogens is 1. The van der Waals surface area contributed by atoms with Crippen LogP contribution in [0.25, 0.3) is 32.9 Å². The van der Waals surface area contributed by atoms with E-state index in [0.717, 1.165) is 38.7 Å². The molecule has 3 aromatic carbocycles. The minimum absolute atomic E-state index is 0.423. The number of aromatic amines is 1. The van der Waals surface area contributed by atoms with Gasteiger partial charge in [0.15, 0.2) is 0 Å². The number of primary amides is 1. The highest BCUT2D eigenvalue weighted by Crippen LogP contribution is 2.34. The lowest BCUT2D eigenvalue weighted by Gasteiger charge is -2.10. The number of carbonyl (C=O) groups is 1. The maximum atomic E-state index is 12.1. The van der Waals surface area contributed by atoms with Crippen LogP contribution in [-0.4, -0.2) is 24.2 Å². The molecule has 27 heavy (non-hydrogen) atoms. The number of fused-ring (bicyclic) bond motifs is 3. The quantitative estimate of drug-likeness (QED) is 0.283. The van der Waals surface area contributed by atoms with Crippen LogP contribution in [0.15, 0.2) is 48.5 Å². The van der Waals surface area contributed by atoms with Crippen LogP contribution >= 0.6 is 0 Å². The first-order chi connectivity index (χ1) is 13.0. The molecule has 0 unspecified atom stereocenters. The van der Waals surface area contributed by atoms with Gasteiger partial charge in [-0.05, 0) is 47.5 Å². The maximum absolute atomic E-state index is 12.1. The molecule has 0 aliphatic rings. The lowest BCUT2D eigenvalue weighted by atomic mass is 9.97. The number of amides is 1. The molecule has 0 spiro atoms. The largest absolute Gasteiger partial charge is 0.399 e. The first kappa shape index (κ1) is 16.7.